The Bertz CT molecular complexity index is 917. The quantitative estimate of drug-likeness (QED) is 0.824. The third-order valence-electron chi connectivity index (χ3n) is 3.36. The average Bonchev–Trinajstić information content (AvgIpc) is 2.53. The smallest absolute Gasteiger partial charge is 0.325 e. The van der Waals surface area contributed by atoms with E-state index < -0.39 is 39.1 Å². The second-order valence-corrected chi connectivity index (χ2v) is 7.76. The zero-order chi connectivity index (χ0) is 19.5. The highest BCUT2D eigenvalue weighted by Crippen LogP contribution is 2.34. The van der Waals surface area contributed by atoms with Crippen LogP contribution in [-0.2, 0) is 21.0 Å². The molecule has 26 heavy (non-hydrogen) atoms. The predicted octanol–water partition coefficient (Wildman–Crippen LogP) is 3.62. The molecule has 2 aromatic carbocycles. The van der Waals surface area contributed by atoms with E-state index in [2.05, 4.69) is 5.32 Å². The number of likely N-dealkylation sites (N-methyl/N-ethyl adjacent to an activating group) is 1. The van der Waals surface area contributed by atoms with Gasteiger partial charge in [0.25, 0.3) is 0 Å². The number of anilines is 1. The molecule has 0 aliphatic rings. The van der Waals surface area contributed by atoms with Gasteiger partial charge in [-0.05, 0) is 30.3 Å². The summed E-state index contributed by atoms with van der Waals surface area (Å²) >= 11 is 5.78. The van der Waals surface area contributed by atoms with Crippen LogP contribution < -0.4 is 5.32 Å². The van der Waals surface area contributed by atoms with Crippen LogP contribution in [0.3, 0.4) is 0 Å². The first kappa shape index (κ1) is 20.2. The summed E-state index contributed by atoms with van der Waals surface area (Å²) in [7, 11) is -3.49. The third kappa shape index (κ3) is 4.75. The number of hydrogen-bond acceptors (Lipinski definition) is 3. The van der Waals surface area contributed by atoms with Crippen LogP contribution in [0.15, 0.2) is 53.4 Å². The Balaban J connectivity index is 2.21. The highest BCUT2D eigenvalue weighted by molar-refractivity contribution is 7.89. The van der Waals surface area contributed by atoms with Crippen molar-refractivity contribution in [2.24, 2.45) is 0 Å². The van der Waals surface area contributed by atoms with E-state index in [1.165, 1.54) is 18.2 Å². The average molecular weight is 407 g/mol. The van der Waals surface area contributed by atoms with Gasteiger partial charge in [0.2, 0.25) is 15.9 Å². The van der Waals surface area contributed by atoms with Gasteiger partial charge in [0.1, 0.15) is 0 Å². The molecule has 0 heterocycles. The second-order valence-electron chi connectivity index (χ2n) is 5.31. The van der Waals surface area contributed by atoms with Gasteiger partial charge in [0.05, 0.1) is 17.0 Å². The Kier molecular flexibility index (Phi) is 5.94. The number of halogens is 4. The normalized spacial score (nSPS) is 12.2. The first-order valence-corrected chi connectivity index (χ1v) is 9.01. The summed E-state index contributed by atoms with van der Waals surface area (Å²) in [5.74, 6) is -0.720. The number of nitrogens with one attached hydrogen (secondary N) is 1. The molecule has 5 nitrogen and oxygen atoms in total. The SMILES string of the molecule is CN(CC(=O)Nc1cccc(Cl)c1)S(=O)(=O)c1ccccc1C(F)(F)F. The predicted molar refractivity (Wildman–Crippen MR) is 91.3 cm³/mol. The molecule has 1 amide bonds. The van der Waals surface area contributed by atoms with Gasteiger partial charge in [0.15, 0.2) is 0 Å². The van der Waals surface area contributed by atoms with Crippen molar-refractivity contribution >= 4 is 33.2 Å². The Labute approximate surface area is 153 Å². The second kappa shape index (κ2) is 7.65. The molecule has 0 radical (unpaired) electrons. The molecule has 0 bridgehead atoms. The van der Waals surface area contributed by atoms with E-state index in [1.807, 2.05) is 0 Å². The lowest BCUT2D eigenvalue weighted by atomic mass is 10.2. The Morgan fingerprint density at radius 3 is 2.42 bits per heavy atom. The van der Waals surface area contributed by atoms with Crippen LogP contribution in [0.25, 0.3) is 0 Å². The molecule has 0 spiro atoms. The number of carbonyl (C=O) groups excluding carboxylic acids is 1. The van der Waals surface area contributed by atoms with E-state index in [9.17, 15) is 26.4 Å². The fourth-order valence-corrected chi connectivity index (χ4v) is 3.67. The lowest BCUT2D eigenvalue weighted by molar-refractivity contribution is -0.139. The molecule has 0 atom stereocenters. The van der Waals surface area contributed by atoms with Gasteiger partial charge >= 0.3 is 6.18 Å². The molecule has 0 saturated carbocycles. The lowest BCUT2D eigenvalue weighted by Crippen LogP contribution is -2.35. The number of amides is 1. The van der Waals surface area contributed by atoms with Crippen molar-refractivity contribution < 1.29 is 26.4 Å². The number of benzene rings is 2. The molecule has 10 heteroatoms. The minimum Gasteiger partial charge on any atom is -0.325 e. The maximum absolute atomic E-state index is 13.1. The Morgan fingerprint density at radius 2 is 1.81 bits per heavy atom. The highest BCUT2D eigenvalue weighted by atomic mass is 35.5. The summed E-state index contributed by atoms with van der Waals surface area (Å²) in [6.07, 6.45) is -4.84. The molecule has 140 valence electrons. The minimum absolute atomic E-state index is 0.337. The standard InChI is InChI=1S/C16H14ClF3N2O3S/c1-22(10-15(23)21-12-6-4-5-11(17)9-12)26(24,25)14-8-3-2-7-13(14)16(18,19)20/h2-9H,10H2,1H3,(H,21,23). The molecule has 0 aliphatic heterocycles. The van der Waals surface area contributed by atoms with E-state index in [-0.39, 0.29) is 0 Å². The van der Waals surface area contributed by atoms with E-state index in [1.54, 1.807) is 12.1 Å². The fourth-order valence-electron chi connectivity index (χ4n) is 2.15. The van der Waals surface area contributed by atoms with Crippen LogP contribution in [-0.4, -0.2) is 32.2 Å². The van der Waals surface area contributed by atoms with Crippen molar-refractivity contribution in [3.05, 3.63) is 59.1 Å². The number of alkyl halides is 3. The molecule has 2 rings (SSSR count). The minimum atomic E-state index is -4.84. The van der Waals surface area contributed by atoms with Crippen molar-refractivity contribution in [3.8, 4) is 0 Å². The van der Waals surface area contributed by atoms with Crippen molar-refractivity contribution in [1.82, 2.24) is 4.31 Å². The van der Waals surface area contributed by atoms with Crippen LogP contribution in [0.5, 0.6) is 0 Å². The highest BCUT2D eigenvalue weighted by Gasteiger charge is 2.38. The van der Waals surface area contributed by atoms with Gasteiger partial charge in [-0.2, -0.15) is 17.5 Å². The monoisotopic (exact) mass is 406 g/mol. The molecule has 1 N–H and O–H groups in total. The summed E-state index contributed by atoms with van der Waals surface area (Å²) in [6.45, 7) is -0.666. The zero-order valence-corrected chi connectivity index (χ0v) is 15.0. The first-order valence-electron chi connectivity index (χ1n) is 7.20. The number of sulfonamides is 1. The van der Waals surface area contributed by atoms with Gasteiger partial charge in [0, 0.05) is 17.8 Å². The van der Waals surface area contributed by atoms with Crippen molar-refractivity contribution in [2.75, 3.05) is 18.9 Å². The molecule has 0 fully saturated rings. The van der Waals surface area contributed by atoms with Crippen LogP contribution in [0.2, 0.25) is 5.02 Å². The van der Waals surface area contributed by atoms with Gasteiger partial charge in [-0.25, -0.2) is 8.42 Å². The summed E-state index contributed by atoms with van der Waals surface area (Å²) in [4.78, 5) is 11.1. The zero-order valence-electron chi connectivity index (χ0n) is 13.4. The van der Waals surface area contributed by atoms with Gasteiger partial charge in [-0.3, -0.25) is 4.79 Å². The topological polar surface area (TPSA) is 66.5 Å². The van der Waals surface area contributed by atoms with Crippen LogP contribution >= 0.6 is 11.6 Å². The number of carbonyl (C=O) groups is 1. The number of hydrogen-bond donors (Lipinski definition) is 1. The van der Waals surface area contributed by atoms with Crippen molar-refractivity contribution in [3.63, 3.8) is 0 Å². The van der Waals surface area contributed by atoms with Crippen LogP contribution in [0, 0.1) is 0 Å². The first-order chi connectivity index (χ1) is 12.0. The maximum atomic E-state index is 13.1. The molecule has 2 aromatic rings. The molecule has 0 aromatic heterocycles. The summed E-state index contributed by atoms with van der Waals surface area (Å²) < 4.78 is 64.7. The Morgan fingerprint density at radius 1 is 1.15 bits per heavy atom. The maximum Gasteiger partial charge on any atom is 0.417 e. The fraction of sp³-hybridized carbons (Fsp3) is 0.188. The van der Waals surface area contributed by atoms with Gasteiger partial charge < -0.3 is 5.32 Å². The van der Waals surface area contributed by atoms with E-state index in [4.69, 9.17) is 11.6 Å². The largest absolute Gasteiger partial charge is 0.417 e. The van der Waals surface area contributed by atoms with E-state index >= 15 is 0 Å². The van der Waals surface area contributed by atoms with E-state index in [0.29, 0.717) is 21.1 Å². The Hall–Kier alpha value is -2.10. The molecular formula is C16H14ClF3N2O3S. The molecular weight excluding hydrogens is 393 g/mol. The van der Waals surface area contributed by atoms with E-state index in [0.717, 1.165) is 19.2 Å². The summed E-state index contributed by atoms with van der Waals surface area (Å²) in [6, 6.07) is 9.95. The van der Waals surface area contributed by atoms with Crippen molar-refractivity contribution in [2.45, 2.75) is 11.1 Å². The van der Waals surface area contributed by atoms with Crippen LogP contribution in [0.1, 0.15) is 5.56 Å². The van der Waals surface area contributed by atoms with Crippen molar-refractivity contribution in [1.29, 1.82) is 0 Å². The van der Waals surface area contributed by atoms with Crippen LogP contribution in [0.4, 0.5) is 18.9 Å². The lowest BCUT2D eigenvalue weighted by Gasteiger charge is -2.20. The van der Waals surface area contributed by atoms with Gasteiger partial charge in [-0.1, -0.05) is 29.8 Å². The number of nitrogens with zero attached hydrogens (tertiary/aromatic N) is 1. The molecule has 0 saturated heterocycles. The summed E-state index contributed by atoms with van der Waals surface area (Å²) in [5.41, 5.74) is -0.953. The molecule has 0 unspecified atom stereocenters. The number of rotatable bonds is 5. The third-order valence-corrected chi connectivity index (χ3v) is 5.45. The summed E-state index contributed by atoms with van der Waals surface area (Å²) in [5, 5.41) is 2.79. The van der Waals surface area contributed by atoms with Gasteiger partial charge in [-0.15, -0.1) is 0 Å². The molecule has 0 aliphatic carbocycles.